The summed E-state index contributed by atoms with van der Waals surface area (Å²) >= 11 is 0. The van der Waals surface area contributed by atoms with Crippen molar-refractivity contribution in [3.8, 4) is 11.4 Å². The van der Waals surface area contributed by atoms with E-state index in [1.54, 1.807) is 10.7 Å². The van der Waals surface area contributed by atoms with Crippen LogP contribution in [0.2, 0.25) is 0 Å². The smallest absolute Gasteiger partial charge is 0.182 e. The van der Waals surface area contributed by atoms with Gasteiger partial charge in [0.05, 0.1) is 6.04 Å². The van der Waals surface area contributed by atoms with Gasteiger partial charge in [0.25, 0.3) is 0 Å². The molecule has 20 heavy (non-hydrogen) atoms. The molecule has 0 spiro atoms. The van der Waals surface area contributed by atoms with Gasteiger partial charge >= 0.3 is 0 Å². The van der Waals surface area contributed by atoms with Crippen LogP contribution in [-0.2, 0) is 0 Å². The molecule has 0 saturated carbocycles. The lowest BCUT2D eigenvalue weighted by Gasteiger charge is -2.13. The van der Waals surface area contributed by atoms with E-state index in [1.165, 1.54) is 25.0 Å². The van der Waals surface area contributed by atoms with E-state index in [0.717, 1.165) is 12.8 Å². The predicted octanol–water partition coefficient (Wildman–Crippen LogP) is 3.20. The molecular formula is C14H20FN5. The number of hydrogen-bond donors (Lipinski definition) is 1. The molecule has 0 amide bonds. The average Bonchev–Trinajstić information content (AvgIpc) is 2.87. The maximum Gasteiger partial charge on any atom is 0.182 e. The number of anilines is 1. The highest BCUT2D eigenvalue weighted by Crippen LogP contribution is 2.24. The van der Waals surface area contributed by atoms with E-state index in [-0.39, 0.29) is 11.9 Å². The van der Waals surface area contributed by atoms with E-state index in [1.807, 2.05) is 0 Å². The largest absolute Gasteiger partial charge is 0.399 e. The lowest BCUT2D eigenvalue weighted by atomic mass is 10.1. The molecule has 1 aromatic heterocycles. The number of tetrazole rings is 1. The Morgan fingerprint density at radius 1 is 1.30 bits per heavy atom. The highest BCUT2D eigenvalue weighted by atomic mass is 19.1. The van der Waals surface area contributed by atoms with Crippen LogP contribution < -0.4 is 5.73 Å². The van der Waals surface area contributed by atoms with Gasteiger partial charge in [0.2, 0.25) is 0 Å². The molecule has 1 unspecified atom stereocenters. The summed E-state index contributed by atoms with van der Waals surface area (Å²) in [6, 6.07) is 4.54. The third-order valence-electron chi connectivity index (χ3n) is 3.31. The van der Waals surface area contributed by atoms with E-state index in [2.05, 4.69) is 29.4 Å². The molecule has 0 saturated heterocycles. The Labute approximate surface area is 118 Å². The third kappa shape index (κ3) is 3.31. The van der Waals surface area contributed by atoms with Crippen molar-refractivity contribution in [3.05, 3.63) is 24.0 Å². The van der Waals surface area contributed by atoms with Gasteiger partial charge in [-0.1, -0.05) is 26.2 Å². The highest BCUT2D eigenvalue weighted by Gasteiger charge is 2.15. The molecular weight excluding hydrogens is 257 g/mol. The molecule has 0 aliphatic carbocycles. The predicted molar refractivity (Wildman–Crippen MR) is 76.5 cm³/mol. The summed E-state index contributed by atoms with van der Waals surface area (Å²) in [6.45, 7) is 4.24. The Balaban J connectivity index is 2.23. The van der Waals surface area contributed by atoms with Crippen molar-refractivity contribution in [3.63, 3.8) is 0 Å². The quantitative estimate of drug-likeness (QED) is 0.650. The number of nitrogen functional groups attached to an aromatic ring is 1. The lowest BCUT2D eigenvalue weighted by Crippen LogP contribution is -2.09. The second-order valence-electron chi connectivity index (χ2n) is 5.07. The maximum atomic E-state index is 13.4. The topological polar surface area (TPSA) is 69.6 Å². The Bertz CT molecular complexity index is 546. The van der Waals surface area contributed by atoms with Crippen molar-refractivity contribution in [2.24, 2.45) is 0 Å². The number of unbranched alkanes of at least 4 members (excludes halogenated alkanes) is 2. The number of halogens is 1. The van der Waals surface area contributed by atoms with Crippen molar-refractivity contribution in [2.75, 3.05) is 5.73 Å². The minimum Gasteiger partial charge on any atom is -0.399 e. The van der Waals surface area contributed by atoms with Gasteiger partial charge < -0.3 is 5.73 Å². The molecule has 0 fully saturated rings. The monoisotopic (exact) mass is 277 g/mol. The summed E-state index contributed by atoms with van der Waals surface area (Å²) in [7, 11) is 0. The highest BCUT2D eigenvalue weighted by molar-refractivity contribution is 5.61. The van der Waals surface area contributed by atoms with Crippen LogP contribution in [-0.4, -0.2) is 20.2 Å². The second-order valence-corrected chi connectivity index (χ2v) is 5.07. The first-order chi connectivity index (χ1) is 9.61. The zero-order valence-corrected chi connectivity index (χ0v) is 11.9. The molecule has 1 atom stereocenters. The molecule has 0 radical (unpaired) electrons. The summed E-state index contributed by atoms with van der Waals surface area (Å²) in [6.07, 6.45) is 4.49. The van der Waals surface area contributed by atoms with Gasteiger partial charge in [0.15, 0.2) is 5.82 Å². The third-order valence-corrected chi connectivity index (χ3v) is 3.31. The lowest BCUT2D eigenvalue weighted by molar-refractivity contribution is 0.432. The molecule has 1 heterocycles. The molecule has 0 aliphatic heterocycles. The summed E-state index contributed by atoms with van der Waals surface area (Å²) < 4.78 is 15.2. The SMILES string of the molecule is CCCCCC(C)n1nnnc1-c1cc(N)cc(F)c1. The number of nitrogens with two attached hydrogens (primary N) is 1. The summed E-state index contributed by atoms with van der Waals surface area (Å²) in [5, 5.41) is 11.7. The molecule has 2 aromatic rings. The van der Waals surface area contributed by atoms with Gasteiger partial charge in [-0.05, 0) is 42.0 Å². The van der Waals surface area contributed by atoms with E-state index in [4.69, 9.17) is 5.73 Å². The second kappa shape index (κ2) is 6.45. The van der Waals surface area contributed by atoms with Crippen molar-refractivity contribution in [2.45, 2.75) is 45.6 Å². The van der Waals surface area contributed by atoms with Gasteiger partial charge in [-0.15, -0.1) is 5.10 Å². The number of benzene rings is 1. The number of rotatable bonds is 6. The Morgan fingerprint density at radius 3 is 2.80 bits per heavy atom. The van der Waals surface area contributed by atoms with Crippen LogP contribution in [0.25, 0.3) is 11.4 Å². The number of nitrogens with zero attached hydrogens (tertiary/aromatic N) is 4. The van der Waals surface area contributed by atoms with Gasteiger partial charge in [-0.25, -0.2) is 9.07 Å². The standard InChI is InChI=1S/C14H20FN5/c1-3-4-5-6-10(2)20-14(17-18-19-20)11-7-12(15)9-13(16)8-11/h7-10H,3-6,16H2,1-2H3. The first kappa shape index (κ1) is 14.4. The summed E-state index contributed by atoms with van der Waals surface area (Å²) in [4.78, 5) is 0. The Hall–Kier alpha value is -1.98. The van der Waals surface area contributed by atoms with Crippen LogP contribution in [0.1, 0.15) is 45.6 Å². The molecule has 1 aromatic carbocycles. The fraction of sp³-hybridized carbons (Fsp3) is 0.500. The minimum absolute atomic E-state index is 0.177. The van der Waals surface area contributed by atoms with E-state index < -0.39 is 0 Å². The first-order valence-electron chi connectivity index (χ1n) is 6.96. The summed E-state index contributed by atoms with van der Waals surface area (Å²) in [5.74, 6) is 0.174. The van der Waals surface area contributed by atoms with E-state index in [9.17, 15) is 4.39 Å². The molecule has 108 valence electrons. The fourth-order valence-electron chi connectivity index (χ4n) is 2.23. The zero-order valence-electron chi connectivity index (χ0n) is 11.9. The molecule has 2 N–H and O–H groups in total. The van der Waals surface area contributed by atoms with Crippen LogP contribution >= 0.6 is 0 Å². The van der Waals surface area contributed by atoms with E-state index in [0.29, 0.717) is 17.1 Å². The molecule has 0 aliphatic rings. The fourth-order valence-corrected chi connectivity index (χ4v) is 2.23. The van der Waals surface area contributed by atoms with Crippen LogP contribution in [0.5, 0.6) is 0 Å². The van der Waals surface area contributed by atoms with Gasteiger partial charge in [0, 0.05) is 11.3 Å². The van der Waals surface area contributed by atoms with Crippen molar-refractivity contribution < 1.29 is 4.39 Å². The van der Waals surface area contributed by atoms with Crippen molar-refractivity contribution in [1.82, 2.24) is 20.2 Å². The first-order valence-corrected chi connectivity index (χ1v) is 6.96. The van der Waals surface area contributed by atoms with Gasteiger partial charge in [-0.2, -0.15) is 0 Å². The van der Waals surface area contributed by atoms with Crippen LogP contribution in [0, 0.1) is 5.82 Å². The maximum absolute atomic E-state index is 13.4. The van der Waals surface area contributed by atoms with Gasteiger partial charge in [0.1, 0.15) is 5.82 Å². The molecule has 5 nitrogen and oxygen atoms in total. The van der Waals surface area contributed by atoms with Crippen molar-refractivity contribution in [1.29, 1.82) is 0 Å². The van der Waals surface area contributed by atoms with Crippen LogP contribution in [0.4, 0.5) is 10.1 Å². The normalized spacial score (nSPS) is 12.6. The number of hydrogen-bond acceptors (Lipinski definition) is 4. The minimum atomic E-state index is -0.381. The Kier molecular flexibility index (Phi) is 4.65. The molecule has 2 rings (SSSR count). The van der Waals surface area contributed by atoms with E-state index >= 15 is 0 Å². The zero-order chi connectivity index (χ0) is 14.5. The van der Waals surface area contributed by atoms with Crippen LogP contribution in [0.15, 0.2) is 18.2 Å². The van der Waals surface area contributed by atoms with Gasteiger partial charge in [-0.3, -0.25) is 0 Å². The average molecular weight is 277 g/mol. The summed E-state index contributed by atoms with van der Waals surface area (Å²) in [5.41, 5.74) is 6.65. The van der Waals surface area contributed by atoms with Crippen LogP contribution in [0.3, 0.4) is 0 Å². The molecule has 0 bridgehead atoms. The van der Waals surface area contributed by atoms with Crippen molar-refractivity contribution >= 4 is 5.69 Å². The molecule has 6 heteroatoms. The number of aromatic nitrogens is 4. The Morgan fingerprint density at radius 2 is 2.10 bits per heavy atom.